The van der Waals surface area contributed by atoms with Gasteiger partial charge in [0, 0.05) is 25.7 Å². The molecule has 17 nitrogen and oxygen atoms in total. The third-order valence-electron chi connectivity index (χ3n) is 20.2. The maximum Gasteiger partial charge on any atom is 0.472 e. The van der Waals surface area contributed by atoms with Crippen molar-refractivity contribution in [3.05, 3.63) is 0 Å². The van der Waals surface area contributed by atoms with Gasteiger partial charge >= 0.3 is 39.5 Å². The molecule has 0 saturated carbocycles. The standard InChI is InChI=1S/C82H160O17P2/c1-9-73(6)59-51-43-35-28-24-20-16-14-12-13-15-17-22-26-30-37-46-54-62-79(84)92-68-77(99-82(87)65-57-49-39-33-32-34-42-50-58-72(4)5)70-96-100(88,89)94-66-76(83)67-95-101(90,91)97-71-78(69-93-80(85)63-55-47-41-40-45-53-61-75(8)11-3)98-81(86)64-56-48-38-31-27-23-19-18-21-25-29-36-44-52-60-74(7)10-2/h72-78,83H,9-71H2,1-8H3,(H,88,89)(H,90,91)/t73?,74?,75?,76-,77-,78-/m1/s1. The molecule has 0 bridgehead atoms. The lowest BCUT2D eigenvalue weighted by atomic mass is 9.99. The molecule has 0 rings (SSSR count). The Bertz CT molecular complexity index is 1980. The summed E-state index contributed by atoms with van der Waals surface area (Å²) >= 11 is 0. The van der Waals surface area contributed by atoms with Gasteiger partial charge in [-0.25, -0.2) is 9.13 Å². The van der Waals surface area contributed by atoms with E-state index in [-0.39, 0.29) is 25.7 Å². The van der Waals surface area contributed by atoms with Crippen LogP contribution in [0.15, 0.2) is 0 Å². The topological polar surface area (TPSA) is 237 Å². The Morgan fingerprint density at radius 2 is 0.475 bits per heavy atom. The second kappa shape index (κ2) is 71.0. The van der Waals surface area contributed by atoms with Gasteiger partial charge in [0.05, 0.1) is 26.4 Å². The van der Waals surface area contributed by atoms with Crippen molar-refractivity contribution in [3.8, 4) is 0 Å². The smallest absolute Gasteiger partial charge is 0.462 e. The zero-order chi connectivity index (χ0) is 74.6. The first-order chi connectivity index (χ1) is 48.7. The molecule has 5 unspecified atom stereocenters. The molecular formula is C82H160O17P2. The average molecular weight is 1480 g/mol. The van der Waals surface area contributed by atoms with Gasteiger partial charge in [-0.1, -0.05) is 370 Å². The Morgan fingerprint density at radius 3 is 0.703 bits per heavy atom. The summed E-state index contributed by atoms with van der Waals surface area (Å²) in [6.07, 6.45) is 58.4. The maximum absolute atomic E-state index is 13.1. The number of ether oxygens (including phenoxy) is 4. The largest absolute Gasteiger partial charge is 0.472 e. The van der Waals surface area contributed by atoms with E-state index >= 15 is 0 Å². The summed E-state index contributed by atoms with van der Waals surface area (Å²) in [5.74, 6) is 1.05. The van der Waals surface area contributed by atoms with Crippen molar-refractivity contribution in [2.24, 2.45) is 23.7 Å². The monoisotopic (exact) mass is 1480 g/mol. The highest BCUT2D eigenvalue weighted by molar-refractivity contribution is 7.47. The molecule has 0 amide bonds. The predicted octanol–water partition coefficient (Wildman–Crippen LogP) is 24.4. The molecule has 19 heteroatoms. The van der Waals surface area contributed by atoms with Crippen LogP contribution in [-0.2, 0) is 65.4 Å². The number of phosphoric acid groups is 2. The van der Waals surface area contributed by atoms with E-state index < -0.39 is 97.5 Å². The van der Waals surface area contributed by atoms with Gasteiger partial charge in [0.1, 0.15) is 19.3 Å². The van der Waals surface area contributed by atoms with Crippen LogP contribution in [0, 0.1) is 23.7 Å². The SMILES string of the molecule is CCC(C)CCCCCCCCCCCCCCCCCCCCC(=O)OC[C@H](COP(=O)(O)OC[C@@H](O)COP(=O)(O)OC[C@@H](COC(=O)CCCCCCCCC(C)CC)OC(=O)CCCCCCCCCCCCCCCCC(C)CC)OC(=O)CCCCCCCCCCC(C)C. The molecule has 0 fully saturated rings. The van der Waals surface area contributed by atoms with Gasteiger partial charge in [0.2, 0.25) is 0 Å². The molecule has 0 saturated heterocycles. The lowest BCUT2D eigenvalue weighted by Crippen LogP contribution is -2.30. The Hall–Kier alpha value is -1.94. The number of carbonyl (C=O) groups excluding carboxylic acids is 4. The van der Waals surface area contributed by atoms with E-state index in [0.717, 1.165) is 114 Å². The molecule has 8 atom stereocenters. The van der Waals surface area contributed by atoms with Crippen LogP contribution in [0.1, 0.15) is 421 Å². The normalized spacial score (nSPS) is 14.8. The lowest BCUT2D eigenvalue weighted by Gasteiger charge is -2.21. The van der Waals surface area contributed by atoms with Crippen LogP contribution in [-0.4, -0.2) is 96.7 Å². The number of phosphoric ester groups is 2. The van der Waals surface area contributed by atoms with Gasteiger partial charge in [0.15, 0.2) is 12.2 Å². The molecule has 0 aliphatic heterocycles. The van der Waals surface area contributed by atoms with Crippen molar-refractivity contribution in [1.29, 1.82) is 0 Å². The summed E-state index contributed by atoms with van der Waals surface area (Å²) in [4.78, 5) is 73.0. The Kier molecular flexibility index (Phi) is 69.6. The number of esters is 4. The predicted molar refractivity (Wildman–Crippen MR) is 414 cm³/mol. The molecule has 0 aromatic rings. The summed E-state index contributed by atoms with van der Waals surface area (Å²) < 4.78 is 68.7. The molecule has 0 aliphatic carbocycles. The number of hydrogen-bond donors (Lipinski definition) is 3. The molecule has 0 radical (unpaired) electrons. The van der Waals surface area contributed by atoms with Crippen LogP contribution in [0.25, 0.3) is 0 Å². The van der Waals surface area contributed by atoms with Crippen LogP contribution in [0.5, 0.6) is 0 Å². The summed E-state index contributed by atoms with van der Waals surface area (Å²) in [7, 11) is -9.92. The van der Waals surface area contributed by atoms with Crippen LogP contribution < -0.4 is 0 Å². The first kappa shape index (κ1) is 99.1. The first-order valence-corrected chi connectivity index (χ1v) is 45.3. The third kappa shape index (κ3) is 72.1. The molecule has 0 aromatic carbocycles. The fourth-order valence-corrected chi connectivity index (χ4v) is 14.1. The van der Waals surface area contributed by atoms with Crippen molar-refractivity contribution in [3.63, 3.8) is 0 Å². The van der Waals surface area contributed by atoms with Gasteiger partial charge in [0.25, 0.3) is 0 Å². The maximum atomic E-state index is 13.1. The number of aliphatic hydroxyl groups is 1. The highest BCUT2D eigenvalue weighted by Gasteiger charge is 2.30. The fraction of sp³-hybridized carbons (Fsp3) is 0.951. The van der Waals surface area contributed by atoms with Gasteiger partial charge < -0.3 is 33.8 Å². The molecule has 3 N–H and O–H groups in total. The summed E-state index contributed by atoms with van der Waals surface area (Å²) in [6.45, 7) is 14.3. The second-order valence-electron chi connectivity index (χ2n) is 30.7. The van der Waals surface area contributed by atoms with Crippen molar-refractivity contribution >= 4 is 39.5 Å². The van der Waals surface area contributed by atoms with E-state index in [1.54, 1.807) is 0 Å². The number of carbonyl (C=O) groups is 4. The van der Waals surface area contributed by atoms with E-state index in [0.29, 0.717) is 31.6 Å². The van der Waals surface area contributed by atoms with Crippen LogP contribution in [0.4, 0.5) is 0 Å². The lowest BCUT2D eigenvalue weighted by molar-refractivity contribution is -0.161. The molecule has 101 heavy (non-hydrogen) atoms. The fourth-order valence-electron chi connectivity index (χ4n) is 12.5. The minimum absolute atomic E-state index is 0.105. The second-order valence-corrected chi connectivity index (χ2v) is 33.6. The van der Waals surface area contributed by atoms with E-state index in [9.17, 15) is 43.2 Å². The molecule has 0 heterocycles. The van der Waals surface area contributed by atoms with Crippen molar-refractivity contribution in [1.82, 2.24) is 0 Å². The Balaban J connectivity index is 5.15. The summed E-state index contributed by atoms with van der Waals surface area (Å²) in [5.41, 5.74) is 0. The zero-order valence-corrected chi connectivity index (χ0v) is 68.3. The number of hydrogen-bond acceptors (Lipinski definition) is 15. The van der Waals surface area contributed by atoms with Gasteiger partial charge in [-0.15, -0.1) is 0 Å². The van der Waals surface area contributed by atoms with Crippen molar-refractivity contribution < 1.29 is 80.2 Å². The molecule has 0 aliphatic rings. The van der Waals surface area contributed by atoms with Gasteiger partial charge in [-0.2, -0.15) is 0 Å². The molecule has 0 aromatic heterocycles. The Labute approximate surface area is 619 Å². The van der Waals surface area contributed by atoms with E-state index in [4.69, 9.17) is 37.0 Å². The van der Waals surface area contributed by atoms with Gasteiger partial charge in [-0.05, 0) is 49.4 Å². The molecule has 0 spiro atoms. The molecule has 600 valence electrons. The van der Waals surface area contributed by atoms with E-state index in [1.165, 1.54) is 218 Å². The van der Waals surface area contributed by atoms with Gasteiger partial charge in [-0.3, -0.25) is 37.3 Å². The number of aliphatic hydroxyl groups excluding tert-OH is 1. The highest BCUT2D eigenvalue weighted by atomic mass is 31.2. The minimum atomic E-state index is -4.96. The van der Waals surface area contributed by atoms with E-state index in [2.05, 4.69) is 55.4 Å². The van der Waals surface area contributed by atoms with Crippen LogP contribution in [0.2, 0.25) is 0 Å². The minimum Gasteiger partial charge on any atom is -0.462 e. The zero-order valence-electron chi connectivity index (χ0n) is 66.5. The first-order valence-electron chi connectivity index (χ1n) is 42.3. The van der Waals surface area contributed by atoms with Crippen LogP contribution in [0.3, 0.4) is 0 Å². The summed E-state index contributed by atoms with van der Waals surface area (Å²) in [6, 6.07) is 0. The quantitative estimate of drug-likeness (QED) is 0.0222. The highest BCUT2D eigenvalue weighted by Crippen LogP contribution is 2.45. The third-order valence-corrected chi connectivity index (χ3v) is 22.1. The Morgan fingerprint density at radius 1 is 0.277 bits per heavy atom. The van der Waals surface area contributed by atoms with Crippen molar-refractivity contribution in [2.75, 3.05) is 39.6 Å². The number of unbranched alkanes of at least 4 members (excludes halogenated alkanes) is 42. The average Bonchev–Trinajstić information content (AvgIpc) is 0.989. The van der Waals surface area contributed by atoms with Crippen molar-refractivity contribution in [2.45, 2.75) is 440 Å². The van der Waals surface area contributed by atoms with E-state index in [1.807, 2.05) is 0 Å². The number of rotatable bonds is 79. The molecular weight excluding hydrogens is 1320 g/mol. The van der Waals surface area contributed by atoms with Crippen LogP contribution >= 0.6 is 15.6 Å². The summed E-state index contributed by atoms with van der Waals surface area (Å²) in [5, 5.41) is 10.6.